The molecule has 9 heteroatoms. The normalized spacial score (nSPS) is 31.3. The van der Waals surface area contributed by atoms with Gasteiger partial charge in [-0.25, -0.2) is 0 Å². The zero-order valence-electron chi connectivity index (χ0n) is 17.9. The van der Waals surface area contributed by atoms with E-state index in [-0.39, 0.29) is 12.8 Å². The summed E-state index contributed by atoms with van der Waals surface area (Å²) in [5.74, 6) is 1.81. The maximum absolute atomic E-state index is 11.3. The molecule has 3 rings (SSSR count). The molecule has 1 aliphatic heterocycles. The molecule has 0 radical (unpaired) electrons. The fourth-order valence-electron chi connectivity index (χ4n) is 5.34. The maximum Gasteiger partial charge on any atom is 0.269 e. The van der Waals surface area contributed by atoms with Gasteiger partial charge in [0.05, 0.1) is 26.8 Å². The first-order valence-corrected chi connectivity index (χ1v) is 12.2. The highest BCUT2D eigenvalue weighted by molar-refractivity contribution is 7.44. The lowest BCUT2D eigenvalue weighted by Crippen LogP contribution is -2.59. The van der Waals surface area contributed by atoms with Crippen molar-refractivity contribution in [3.8, 4) is 11.5 Å². The van der Waals surface area contributed by atoms with Gasteiger partial charge in [-0.2, -0.15) is 0 Å². The predicted molar refractivity (Wildman–Crippen MR) is 110 cm³/mol. The average Bonchev–Trinajstić information content (AvgIpc) is 3.12. The minimum atomic E-state index is -4.80. The van der Waals surface area contributed by atoms with E-state index < -0.39 is 13.9 Å². The summed E-state index contributed by atoms with van der Waals surface area (Å²) in [5.41, 5.74) is 1.17. The van der Waals surface area contributed by atoms with Crippen molar-refractivity contribution < 1.29 is 37.9 Å². The molecular formula is C21H34NO7P. The number of hydrogen-bond acceptors (Lipinski definition) is 6. The largest absolute Gasteiger partial charge is 0.756 e. The molecule has 5 atom stereocenters. The van der Waals surface area contributed by atoms with Gasteiger partial charge >= 0.3 is 0 Å². The van der Waals surface area contributed by atoms with Gasteiger partial charge in [-0.05, 0) is 49.8 Å². The number of ether oxygens (including phenoxy) is 2. The quantitative estimate of drug-likeness (QED) is 0.445. The van der Waals surface area contributed by atoms with Crippen LogP contribution in [0.2, 0.25) is 0 Å². The van der Waals surface area contributed by atoms with E-state index in [0.717, 1.165) is 38.5 Å². The Hall–Kier alpha value is -1.15. The molecule has 1 aromatic rings. The number of methoxy groups -OCH3 is 2. The molecule has 1 saturated carbocycles. The van der Waals surface area contributed by atoms with Crippen LogP contribution in [0.1, 0.15) is 44.1 Å². The SMILES string of the molecule is COc1ccc(CC[C@H]2CCCC[C@H]2[N@+]2(COP(=O)([O-])O)CC[C@@H](O)C2)cc1OC. The van der Waals surface area contributed by atoms with E-state index in [1.165, 1.54) is 5.56 Å². The summed E-state index contributed by atoms with van der Waals surface area (Å²) in [6, 6.07) is 6.18. The fourth-order valence-corrected chi connectivity index (χ4v) is 5.72. The molecule has 2 fully saturated rings. The van der Waals surface area contributed by atoms with Gasteiger partial charge in [-0.3, -0.25) is 13.6 Å². The van der Waals surface area contributed by atoms with Crippen LogP contribution in [-0.2, 0) is 15.5 Å². The van der Waals surface area contributed by atoms with Crippen molar-refractivity contribution in [1.29, 1.82) is 0 Å². The summed E-state index contributed by atoms with van der Waals surface area (Å²) >= 11 is 0. The van der Waals surface area contributed by atoms with Crippen LogP contribution in [0.5, 0.6) is 11.5 Å². The molecule has 0 aromatic heterocycles. The van der Waals surface area contributed by atoms with Crippen LogP contribution in [0, 0.1) is 5.92 Å². The smallest absolute Gasteiger partial charge is 0.269 e. The number of nitrogens with zero attached hydrogens (tertiary/aromatic N) is 1. The van der Waals surface area contributed by atoms with Gasteiger partial charge in [0.1, 0.15) is 12.6 Å². The van der Waals surface area contributed by atoms with Crippen LogP contribution >= 0.6 is 7.82 Å². The lowest BCUT2D eigenvalue weighted by molar-refractivity contribution is -0.960. The van der Waals surface area contributed by atoms with Gasteiger partial charge in [-0.15, -0.1) is 0 Å². The Balaban J connectivity index is 1.73. The van der Waals surface area contributed by atoms with E-state index in [0.29, 0.717) is 41.4 Å². The lowest BCUT2D eigenvalue weighted by Gasteiger charge is -2.47. The van der Waals surface area contributed by atoms with Crippen LogP contribution in [0.3, 0.4) is 0 Å². The molecule has 0 spiro atoms. The number of likely N-dealkylation sites (tertiary alicyclic amines) is 1. The molecule has 1 heterocycles. The molecule has 0 bridgehead atoms. The minimum absolute atomic E-state index is 0.105. The first-order valence-electron chi connectivity index (χ1n) is 10.7. The highest BCUT2D eigenvalue weighted by Crippen LogP contribution is 2.41. The maximum atomic E-state index is 11.3. The van der Waals surface area contributed by atoms with Gasteiger partial charge < -0.3 is 24.4 Å². The number of aliphatic hydroxyl groups excluding tert-OH is 1. The average molecular weight is 443 g/mol. The second-order valence-electron chi connectivity index (χ2n) is 8.63. The number of quaternary nitrogens is 1. The molecule has 1 saturated heterocycles. The summed E-state index contributed by atoms with van der Waals surface area (Å²) in [4.78, 5) is 20.4. The van der Waals surface area contributed by atoms with Crippen molar-refractivity contribution in [3.63, 3.8) is 0 Å². The lowest BCUT2D eigenvalue weighted by atomic mass is 9.79. The van der Waals surface area contributed by atoms with Gasteiger partial charge in [0.25, 0.3) is 7.82 Å². The molecule has 170 valence electrons. The molecule has 0 amide bonds. The number of rotatable bonds is 9. The number of aryl methyl sites for hydroxylation is 1. The molecule has 8 nitrogen and oxygen atoms in total. The molecule has 2 N–H and O–H groups in total. The number of phosphoric acid groups is 1. The van der Waals surface area contributed by atoms with Crippen LogP contribution in [0.4, 0.5) is 0 Å². The van der Waals surface area contributed by atoms with Gasteiger partial charge in [0, 0.05) is 12.3 Å². The van der Waals surface area contributed by atoms with Gasteiger partial charge in [0.15, 0.2) is 18.2 Å². The van der Waals surface area contributed by atoms with Crippen molar-refractivity contribution in [2.75, 3.05) is 34.0 Å². The second-order valence-corrected chi connectivity index (χ2v) is 9.83. The first-order chi connectivity index (χ1) is 14.3. The summed E-state index contributed by atoms with van der Waals surface area (Å²) in [7, 11) is -1.56. The Morgan fingerprint density at radius 1 is 1.17 bits per heavy atom. The van der Waals surface area contributed by atoms with E-state index in [4.69, 9.17) is 18.9 Å². The van der Waals surface area contributed by atoms with Gasteiger partial charge in [0.2, 0.25) is 0 Å². The van der Waals surface area contributed by atoms with Crippen LogP contribution in [0.25, 0.3) is 0 Å². The zero-order chi connectivity index (χ0) is 21.8. The molecule has 1 aromatic carbocycles. The highest BCUT2D eigenvalue weighted by atomic mass is 31.2. The zero-order valence-corrected chi connectivity index (χ0v) is 18.8. The summed E-state index contributed by atoms with van der Waals surface area (Å²) in [6.45, 7) is 1.03. The number of aliphatic hydroxyl groups is 1. The van der Waals surface area contributed by atoms with Crippen molar-refractivity contribution in [3.05, 3.63) is 23.8 Å². The Morgan fingerprint density at radius 3 is 2.53 bits per heavy atom. The first kappa shape index (κ1) is 23.5. The molecule has 1 aliphatic carbocycles. The Kier molecular flexibility index (Phi) is 7.82. The Bertz CT molecular complexity index is 755. The molecular weight excluding hydrogens is 409 g/mol. The standard InChI is InChI=1S/C21H34NO7P/c1-27-20-10-8-16(13-21(20)28-2)7-9-17-5-3-4-6-19(17)22(12-11-18(23)14-22)15-29-30(24,25)26/h8,10,13,17-19,23H,3-7,9,11-12,14-15H2,1-2H3,(H-,24,25,26)/t17-,18-,19-,22-/m1/s1. The van der Waals surface area contributed by atoms with Crippen LogP contribution < -0.4 is 14.4 Å². The third-order valence-corrected chi connectivity index (χ3v) is 7.23. The summed E-state index contributed by atoms with van der Waals surface area (Å²) in [6.07, 6.45) is 6.28. The fraction of sp³-hybridized carbons (Fsp3) is 0.714. The van der Waals surface area contributed by atoms with Crippen LogP contribution in [-0.4, -0.2) is 60.7 Å². The van der Waals surface area contributed by atoms with Gasteiger partial charge in [-0.1, -0.05) is 12.5 Å². The Labute approximate surface area is 178 Å². The van der Waals surface area contributed by atoms with E-state index in [1.54, 1.807) is 14.2 Å². The van der Waals surface area contributed by atoms with Crippen LogP contribution in [0.15, 0.2) is 18.2 Å². The third kappa shape index (κ3) is 5.75. The number of phosphoric ester groups is 1. The second kappa shape index (κ2) is 9.98. The third-order valence-electron chi connectivity index (χ3n) is 6.78. The van der Waals surface area contributed by atoms with E-state index >= 15 is 0 Å². The summed E-state index contributed by atoms with van der Waals surface area (Å²) in [5, 5.41) is 10.2. The van der Waals surface area contributed by atoms with Crippen molar-refractivity contribution >= 4 is 7.82 Å². The molecule has 2 aliphatic rings. The van der Waals surface area contributed by atoms with Crippen molar-refractivity contribution in [1.82, 2.24) is 0 Å². The number of hydrogen-bond donors (Lipinski definition) is 2. The highest BCUT2D eigenvalue weighted by Gasteiger charge is 2.48. The van der Waals surface area contributed by atoms with Crippen molar-refractivity contribution in [2.24, 2.45) is 5.92 Å². The molecule has 30 heavy (non-hydrogen) atoms. The van der Waals surface area contributed by atoms with Crippen molar-refractivity contribution in [2.45, 2.75) is 57.1 Å². The minimum Gasteiger partial charge on any atom is -0.756 e. The summed E-state index contributed by atoms with van der Waals surface area (Å²) < 4.78 is 27.3. The molecule has 1 unspecified atom stereocenters. The van der Waals surface area contributed by atoms with E-state index in [9.17, 15) is 14.6 Å². The predicted octanol–water partition coefficient (Wildman–Crippen LogP) is 2.21. The Morgan fingerprint density at radius 2 is 1.90 bits per heavy atom. The van der Waals surface area contributed by atoms with E-state index in [2.05, 4.69) is 0 Å². The van der Waals surface area contributed by atoms with E-state index in [1.807, 2.05) is 18.2 Å². The topological polar surface area (TPSA) is 108 Å². The number of benzene rings is 1. The monoisotopic (exact) mass is 443 g/mol.